The molecule has 0 bridgehead atoms. The molecule has 0 unspecified atom stereocenters. The van der Waals surface area contributed by atoms with E-state index in [0.29, 0.717) is 45.0 Å². The molecule has 1 saturated heterocycles. The first kappa shape index (κ1) is 20.9. The Morgan fingerprint density at radius 2 is 1.88 bits per heavy atom. The molecule has 0 aliphatic carbocycles. The number of carbonyl (C=O) groups is 2. The zero-order valence-corrected chi connectivity index (χ0v) is 19.2. The fourth-order valence-corrected chi connectivity index (χ4v) is 5.03. The number of amides is 2. The molecule has 8 heteroatoms. The van der Waals surface area contributed by atoms with Crippen molar-refractivity contribution in [1.82, 2.24) is 14.8 Å². The third-order valence-electron chi connectivity index (χ3n) is 6.16. The summed E-state index contributed by atoms with van der Waals surface area (Å²) in [5, 5.41) is 3.13. The Morgan fingerprint density at radius 1 is 1.06 bits per heavy atom. The van der Waals surface area contributed by atoms with Crippen LogP contribution in [0.4, 0.5) is 5.69 Å². The second kappa shape index (κ2) is 8.52. The van der Waals surface area contributed by atoms with Crippen LogP contribution in [0.15, 0.2) is 40.1 Å². The van der Waals surface area contributed by atoms with Crippen LogP contribution in [-0.4, -0.2) is 65.9 Å². The van der Waals surface area contributed by atoms with Gasteiger partial charge in [-0.3, -0.25) is 14.5 Å². The molecule has 2 aliphatic rings. The molecule has 0 spiro atoms. The summed E-state index contributed by atoms with van der Waals surface area (Å²) in [4.78, 5) is 36.0. The summed E-state index contributed by atoms with van der Waals surface area (Å²) in [6, 6.07) is 9.79. The van der Waals surface area contributed by atoms with E-state index < -0.39 is 0 Å². The quantitative estimate of drug-likeness (QED) is 0.610. The number of nitrogens with zero attached hydrogens (tertiary/aromatic N) is 4. The number of aromatic nitrogens is 1. The molecule has 2 amide bonds. The molecule has 1 aromatic carbocycles. The maximum Gasteiger partial charge on any atom is 0.289 e. The van der Waals surface area contributed by atoms with E-state index in [4.69, 9.17) is 4.42 Å². The Morgan fingerprint density at radius 3 is 2.56 bits per heavy atom. The number of hydrogen-bond donors (Lipinski definition) is 0. The van der Waals surface area contributed by atoms with E-state index in [-0.39, 0.29) is 11.8 Å². The first-order valence-corrected chi connectivity index (χ1v) is 11.8. The van der Waals surface area contributed by atoms with E-state index in [2.05, 4.69) is 27.4 Å². The van der Waals surface area contributed by atoms with Gasteiger partial charge in [0.25, 0.3) is 5.91 Å². The Balaban J connectivity index is 1.19. The highest BCUT2D eigenvalue weighted by Crippen LogP contribution is 2.33. The van der Waals surface area contributed by atoms with E-state index in [9.17, 15) is 9.59 Å². The second-order valence-electron chi connectivity index (χ2n) is 8.37. The van der Waals surface area contributed by atoms with Crippen molar-refractivity contribution in [2.75, 3.05) is 44.2 Å². The number of anilines is 1. The van der Waals surface area contributed by atoms with Crippen molar-refractivity contribution in [2.24, 2.45) is 0 Å². The van der Waals surface area contributed by atoms with Crippen LogP contribution < -0.4 is 4.90 Å². The lowest BCUT2D eigenvalue weighted by atomic mass is 10.1. The molecule has 0 radical (unpaired) electrons. The second-order valence-corrected chi connectivity index (χ2v) is 9.43. The van der Waals surface area contributed by atoms with Crippen LogP contribution >= 0.6 is 11.3 Å². The lowest BCUT2D eigenvalue weighted by Gasteiger charge is -2.34. The molecule has 7 nitrogen and oxygen atoms in total. The van der Waals surface area contributed by atoms with Gasteiger partial charge in [-0.1, -0.05) is 6.07 Å². The molecule has 32 heavy (non-hydrogen) atoms. The lowest BCUT2D eigenvalue weighted by Crippen LogP contribution is -2.51. The summed E-state index contributed by atoms with van der Waals surface area (Å²) in [6.45, 7) is 7.48. The predicted octanol–water partition coefficient (Wildman–Crippen LogP) is 3.37. The minimum atomic E-state index is -0.0799. The zero-order valence-electron chi connectivity index (χ0n) is 18.3. The third kappa shape index (κ3) is 4.08. The highest BCUT2D eigenvalue weighted by Gasteiger charge is 2.29. The van der Waals surface area contributed by atoms with Gasteiger partial charge in [0, 0.05) is 49.4 Å². The van der Waals surface area contributed by atoms with Crippen LogP contribution in [0.2, 0.25) is 0 Å². The highest BCUT2D eigenvalue weighted by molar-refractivity contribution is 7.09. The van der Waals surface area contributed by atoms with Crippen molar-refractivity contribution in [3.63, 3.8) is 0 Å². The molecule has 0 saturated carbocycles. The summed E-state index contributed by atoms with van der Waals surface area (Å²) in [5.74, 6) is 1.15. The van der Waals surface area contributed by atoms with Gasteiger partial charge in [0.1, 0.15) is 5.76 Å². The van der Waals surface area contributed by atoms with Crippen molar-refractivity contribution in [2.45, 2.75) is 20.3 Å². The number of piperazine rings is 1. The molecule has 4 heterocycles. The molecule has 1 fully saturated rings. The summed E-state index contributed by atoms with van der Waals surface area (Å²) >= 11 is 1.65. The fourth-order valence-electron chi connectivity index (χ4n) is 4.41. The van der Waals surface area contributed by atoms with Gasteiger partial charge in [0.15, 0.2) is 5.76 Å². The van der Waals surface area contributed by atoms with E-state index in [1.165, 1.54) is 5.56 Å². The third-order valence-corrected chi connectivity index (χ3v) is 6.93. The molecule has 2 aliphatic heterocycles. The van der Waals surface area contributed by atoms with E-state index in [1.807, 2.05) is 24.8 Å². The smallest absolute Gasteiger partial charge is 0.289 e. The topological polar surface area (TPSA) is 69.9 Å². The minimum Gasteiger partial charge on any atom is -0.456 e. The van der Waals surface area contributed by atoms with Crippen molar-refractivity contribution >= 4 is 28.8 Å². The first-order chi connectivity index (χ1) is 15.5. The average Bonchev–Trinajstić information content (AvgIpc) is 3.53. The largest absolute Gasteiger partial charge is 0.456 e. The van der Waals surface area contributed by atoms with E-state index >= 15 is 0 Å². The van der Waals surface area contributed by atoms with Crippen molar-refractivity contribution in [3.05, 3.63) is 57.8 Å². The summed E-state index contributed by atoms with van der Waals surface area (Å²) in [6.07, 6.45) is 0.864. The number of furan rings is 1. The molecular weight excluding hydrogens is 424 g/mol. The van der Waals surface area contributed by atoms with Crippen LogP contribution in [0, 0.1) is 13.8 Å². The van der Waals surface area contributed by atoms with Gasteiger partial charge < -0.3 is 14.2 Å². The normalized spacial score (nSPS) is 16.4. The monoisotopic (exact) mass is 450 g/mol. The number of fused-ring (bicyclic) bond motifs is 1. The van der Waals surface area contributed by atoms with Crippen molar-refractivity contribution in [1.29, 1.82) is 0 Å². The first-order valence-electron chi connectivity index (χ1n) is 10.9. The Kier molecular flexibility index (Phi) is 5.57. The van der Waals surface area contributed by atoms with Gasteiger partial charge in [-0.2, -0.15) is 0 Å². The number of thiazole rings is 1. The molecular formula is C24H26N4O3S. The van der Waals surface area contributed by atoms with Gasteiger partial charge in [-0.15, -0.1) is 11.3 Å². The number of benzene rings is 1. The van der Waals surface area contributed by atoms with Gasteiger partial charge in [-0.25, -0.2) is 4.98 Å². The van der Waals surface area contributed by atoms with Crippen molar-refractivity contribution < 1.29 is 14.0 Å². The number of aryl methyl sites for hydroxylation is 2. The minimum absolute atomic E-state index is 0.0799. The highest BCUT2D eigenvalue weighted by atomic mass is 32.1. The Labute approximate surface area is 191 Å². The Hall–Kier alpha value is -2.97. The lowest BCUT2D eigenvalue weighted by molar-refractivity contribution is -0.120. The predicted molar refractivity (Wildman–Crippen MR) is 124 cm³/mol. The van der Waals surface area contributed by atoms with E-state index in [0.717, 1.165) is 34.1 Å². The molecule has 2 aromatic heterocycles. The van der Waals surface area contributed by atoms with Crippen LogP contribution in [0.1, 0.15) is 26.9 Å². The summed E-state index contributed by atoms with van der Waals surface area (Å²) in [5.41, 5.74) is 4.31. The van der Waals surface area contributed by atoms with E-state index in [1.54, 1.807) is 28.4 Å². The average molecular weight is 451 g/mol. The van der Waals surface area contributed by atoms with Crippen LogP contribution in [-0.2, 0) is 11.2 Å². The van der Waals surface area contributed by atoms with Gasteiger partial charge in [0.2, 0.25) is 5.91 Å². The van der Waals surface area contributed by atoms with Crippen LogP contribution in [0.5, 0.6) is 0 Å². The van der Waals surface area contributed by atoms with Crippen molar-refractivity contribution in [3.8, 4) is 11.3 Å². The zero-order chi connectivity index (χ0) is 22.2. The maximum atomic E-state index is 13.1. The maximum absolute atomic E-state index is 13.1. The van der Waals surface area contributed by atoms with Crippen LogP contribution in [0.3, 0.4) is 0 Å². The summed E-state index contributed by atoms with van der Waals surface area (Å²) < 4.78 is 5.46. The standard InChI is InChI=1S/C24H26N4O3S/c1-16-3-6-22(31-16)24(30)27-11-9-26(10-12-27)14-23(29)28-8-7-19-13-18(4-5-21(19)28)20-15-32-17(2)25-20/h3-6,13,15H,7-12,14H2,1-2H3. The molecule has 166 valence electrons. The van der Waals surface area contributed by atoms with Gasteiger partial charge >= 0.3 is 0 Å². The molecule has 3 aromatic rings. The van der Waals surface area contributed by atoms with Gasteiger partial charge in [-0.05, 0) is 50.1 Å². The Bertz CT molecular complexity index is 1160. The summed E-state index contributed by atoms with van der Waals surface area (Å²) in [7, 11) is 0. The van der Waals surface area contributed by atoms with Crippen LogP contribution in [0.25, 0.3) is 11.3 Å². The molecule has 0 atom stereocenters. The fraction of sp³-hybridized carbons (Fsp3) is 0.375. The SMILES string of the molecule is Cc1ccc(C(=O)N2CCN(CC(=O)N3CCc4cc(-c5csc(C)n5)ccc43)CC2)o1. The molecule has 0 N–H and O–H groups in total. The number of rotatable bonds is 4. The number of carbonyl (C=O) groups excluding carboxylic acids is 2. The molecule has 5 rings (SSSR count). The number of hydrogen-bond acceptors (Lipinski definition) is 6. The van der Waals surface area contributed by atoms with Gasteiger partial charge in [0.05, 0.1) is 17.2 Å².